The van der Waals surface area contributed by atoms with Crippen LogP contribution in [0.3, 0.4) is 0 Å². The molecule has 0 aliphatic carbocycles. The fourth-order valence-electron chi connectivity index (χ4n) is 9.10. The van der Waals surface area contributed by atoms with E-state index in [9.17, 15) is 14.4 Å². The topological polar surface area (TPSA) is 78.9 Å². The van der Waals surface area contributed by atoms with E-state index in [0.717, 1.165) is 109 Å². The molecular formula is C72H122O6. The van der Waals surface area contributed by atoms with E-state index >= 15 is 0 Å². The van der Waals surface area contributed by atoms with Crippen LogP contribution >= 0.6 is 0 Å². The van der Waals surface area contributed by atoms with Gasteiger partial charge in [-0.25, -0.2) is 0 Å². The maximum Gasteiger partial charge on any atom is 0.306 e. The number of esters is 3. The maximum absolute atomic E-state index is 12.8. The van der Waals surface area contributed by atoms with Gasteiger partial charge in [0.1, 0.15) is 13.2 Å². The second-order valence-corrected chi connectivity index (χ2v) is 21.6. The van der Waals surface area contributed by atoms with Gasteiger partial charge in [-0.15, -0.1) is 0 Å². The smallest absolute Gasteiger partial charge is 0.306 e. The van der Waals surface area contributed by atoms with E-state index in [1.807, 2.05) is 0 Å². The third-order valence-electron chi connectivity index (χ3n) is 14.0. The van der Waals surface area contributed by atoms with Crippen LogP contribution in [0.5, 0.6) is 0 Å². The van der Waals surface area contributed by atoms with Crippen LogP contribution in [0.15, 0.2) is 109 Å². The molecule has 0 saturated carbocycles. The van der Waals surface area contributed by atoms with Crippen molar-refractivity contribution >= 4 is 17.9 Å². The third kappa shape index (κ3) is 62.9. The highest BCUT2D eigenvalue weighted by Gasteiger charge is 2.19. The van der Waals surface area contributed by atoms with Crippen molar-refractivity contribution in [3.63, 3.8) is 0 Å². The number of rotatable bonds is 59. The largest absolute Gasteiger partial charge is 0.462 e. The summed E-state index contributed by atoms with van der Waals surface area (Å²) in [6.45, 7) is 6.48. The summed E-state index contributed by atoms with van der Waals surface area (Å²) in [6, 6.07) is 0. The minimum Gasteiger partial charge on any atom is -0.462 e. The molecule has 6 nitrogen and oxygen atoms in total. The van der Waals surface area contributed by atoms with E-state index in [-0.39, 0.29) is 31.1 Å². The molecule has 6 heteroatoms. The average Bonchev–Trinajstić information content (AvgIpc) is 3.44. The predicted molar refractivity (Wildman–Crippen MR) is 339 cm³/mol. The summed E-state index contributed by atoms with van der Waals surface area (Å²) in [5.74, 6) is -0.887. The Labute approximate surface area is 482 Å². The molecule has 0 saturated heterocycles. The maximum atomic E-state index is 12.8. The molecule has 1 atom stereocenters. The molecule has 0 bridgehead atoms. The number of unbranched alkanes of at least 4 members (excludes halogenated alkanes) is 30. The van der Waals surface area contributed by atoms with E-state index in [2.05, 4.69) is 130 Å². The fourth-order valence-corrected chi connectivity index (χ4v) is 9.10. The third-order valence-corrected chi connectivity index (χ3v) is 14.0. The molecule has 0 aromatic heterocycles. The van der Waals surface area contributed by atoms with E-state index < -0.39 is 6.10 Å². The molecule has 0 fully saturated rings. The quantitative estimate of drug-likeness (QED) is 0.0261. The van der Waals surface area contributed by atoms with Crippen LogP contribution in [-0.2, 0) is 28.6 Å². The van der Waals surface area contributed by atoms with Crippen LogP contribution in [0.1, 0.15) is 310 Å². The Hall–Kier alpha value is -3.93. The number of carbonyl (C=O) groups excluding carboxylic acids is 3. The van der Waals surface area contributed by atoms with Crippen LogP contribution in [0, 0.1) is 0 Å². The Bertz CT molecular complexity index is 1570. The van der Waals surface area contributed by atoms with Crippen LogP contribution in [0.4, 0.5) is 0 Å². The highest BCUT2D eigenvalue weighted by molar-refractivity contribution is 5.71. The lowest BCUT2D eigenvalue weighted by atomic mass is 10.0. The lowest BCUT2D eigenvalue weighted by molar-refractivity contribution is -0.167. The van der Waals surface area contributed by atoms with Gasteiger partial charge in [0.05, 0.1) is 0 Å². The van der Waals surface area contributed by atoms with Gasteiger partial charge in [-0.2, -0.15) is 0 Å². The number of allylic oxidation sites excluding steroid dienone is 18. The molecule has 0 radical (unpaired) electrons. The first-order chi connectivity index (χ1) is 38.5. The summed E-state index contributed by atoms with van der Waals surface area (Å²) in [7, 11) is 0. The van der Waals surface area contributed by atoms with Crippen molar-refractivity contribution in [1.82, 2.24) is 0 Å². The van der Waals surface area contributed by atoms with Crippen LogP contribution in [-0.4, -0.2) is 37.2 Å². The normalized spacial score (nSPS) is 12.8. The highest BCUT2D eigenvalue weighted by atomic mass is 16.6. The van der Waals surface area contributed by atoms with Crippen molar-refractivity contribution in [3.05, 3.63) is 109 Å². The number of ether oxygens (including phenoxy) is 3. The first-order valence-corrected chi connectivity index (χ1v) is 32.9. The summed E-state index contributed by atoms with van der Waals surface area (Å²) >= 11 is 0. The lowest BCUT2D eigenvalue weighted by Crippen LogP contribution is -2.30. The van der Waals surface area contributed by atoms with Crippen LogP contribution < -0.4 is 0 Å². The zero-order chi connectivity index (χ0) is 56.4. The Morgan fingerprint density at radius 2 is 0.500 bits per heavy atom. The van der Waals surface area contributed by atoms with Crippen molar-refractivity contribution in [2.45, 2.75) is 316 Å². The minimum atomic E-state index is -0.778. The molecule has 0 aliphatic heterocycles. The molecule has 1 unspecified atom stereocenters. The molecular weight excluding hydrogens is 961 g/mol. The standard InChI is InChI=1S/C72H122O6/c1-4-7-10-13-16-18-20-22-24-26-28-29-30-31-32-33-34-35-36-37-38-39-40-41-42-43-45-46-48-50-52-54-56-59-62-65-71(74)77-68-69(67-76-70(73)64-61-58-15-12-9-6-3)78-72(75)66-63-60-57-55-53-51-49-47-44-27-25-23-21-19-17-14-11-8-5-2/h7,10,16,18,22-25,28-29,31-32,34-35,37-38,40-41,69H,4-6,8-9,11-15,17,19-21,26-27,30,33,36,39,42-68H2,1-3H3/b10-7-,18-16-,24-22-,25-23-,29-28-,32-31-,35-34-,38-37-,41-40-. The van der Waals surface area contributed by atoms with Gasteiger partial charge in [-0.1, -0.05) is 291 Å². The highest BCUT2D eigenvalue weighted by Crippen LogP contribution is 2.16. The Morgan fingerprint density at radius 3 is 0.795 bits per heavy atom. The second-order valence-electron chi connectivity index (χ2n) is 21.6. The molecule has 78 heavy (non-hydrogen) atoms. The lowest BCUT2D eigenvalue weighted by Gasteiger charge is -2.18. The van der Waals surface area contributed by atoms with Gasteiger partial charge in [-0.05, 0) is 109 Å². The monoisotopic (exact) mass is 1080 g/mol. The van der Waals surface area contributed by atoms with Crippen molar-refractivity contribution in [2.75, 3.05) is 13.2 Å². The molecule has 0 aliphatic rings. The van der Waals surface area contributed by atoms with Gasteiger partial charge < -0.3 is 14.2 Å². The SMILES string of the molecule is CC/C=C\C/C=C\C/C=C\C/C=C\C/C=C\C/C=C\C/C=C\C/C=C\CCCCCCCCCCCCC(=O)OCC(COC(=O)CCCCCCCC)OC(=O)CCCCCCCCCCC/C=C\CCCCCCCC. The molecule has 0 rings (SSSR count). The zero-order valence-electron chi connectivity index (χ0n) is 51.2. The van der Waals surface area contributed by atoms with Gasteiger partial charge in [0.15, 0.2) is 6.10 Å². The summed E-state index contributed by atoms with van der Waals surface area (Å²) < 4.78 is 16.8. The first kappa shape index (κ1) is 74.1. The fraction of sp³-hybridized carbons (Fsp3) is 0.708. The zero-order valence-corrected chi connectivity index (χ0v) is 51.2. The number of hydrogen-bond donors (Lipinski definition) is 0. The first-order valence-electron chi connectivity index (χ1n) is 32.9. The molecule has 0 aromatic carbocycles. The minimum absolute atomic E-state index is 0.0780. The van der Waals surface area contributed by atoms with E-state index in [1.165, 1.54) is 161 Å². The molecule has 0 N–H and O–H groups in total. The van der Waals surface area contributed by atoms with Gasteiger partial charge in [-0.3, -0.25) is 14.4 Å². The van der Waals surface area contributed by atoms with Gasteiger partial charge in [0.25, 0.3) is 0 Å². The summed E-state index contributed by atoms with van der Waals surface area (Å²) in [5.41, 5.74) is 0. The Kier molecular flexibility index (Phi) is 62.3. The molecule has 0 heterocycles. The number of hydrogen-bond acceptors (Lipinski definition) is 6. The van der Waals surface area contributed by atoms with Crippen molar-refractivity contribution < 1.29 is 28.6 Å². The van der Waals surface area contributed by atoms with E-state index in [4.69, 9.17) is 14.2 Å². The van der Waals surface area contributed by atoms with E-state index in [1.54, 1.807) is 0 Å². The van der Waals surface area contributed by atoms with Gasteiger partial charge in [0.2, 0.25) is 0 Å². The van der Waals surface area contributed by atoms with Crippen LogP contribution in [0.2, 0.25) is 0 Å². The Balaban J connectivity index is 4.06. The molecule has 0 aromatic rings. The number of carbonyl (C=O) groups is 3. The van der Waals surface area contributed by atoms with Crippen LogP contribution in [0.25, 0.3) is 0 Å². The average molecular weight is 1080 g/mol. The molecule has 0 amide bonds. The summed E-state index contributed by atoms with van der Waals surface area (Å²) in [4.78, 5) is 38.0. The van der Waals surface area contributed by atoms with Crippen molar-refractivity contribution in [3.8, 4) is 0 Å². The van der Waals surface area contributed by atoms with Gasteiger partial charge in [0, 0.05) is 19.3 Å². The van der Waals surface area contributed by atoms with Crippen molar-refractivity contribution in [2.24, 2.45) is 0 Å². The molecule has 446 valence electrons. The Morgan fingerprint density at radius 1 is 0.269 bits per heavy atom. The molecule has 0 spiro atoms. The second kappa shape index (κ2) is 65.6. The summed E-state index contributed by atoms with van der Waals surface area (Å²) in [5, 5.41) is 0. The van der Waals surface area contributed by atoms with Gasteiger partial charge >= 0.3 is 17.9 Å². The summed E-state index contributed by atoms with van der Waals surface area (Å²) in [6.07, 6.45) is 89.9. The predicted octanol–water partition coefficient (Wildman–Crippen LogP) is 22.6. The van der Waals surface area contributed by atoms with E-state index in [0.29, 0.717) is 19.3 Å². The van der Waals surface area contributed by atoms with Crippen molar-refractivity contribution in [1.29, 1.82) is 0 Å².